The van der Waals surface area contributed by atoms with E-state index in [1.54, 1.807) is 0 Å². The molecule has 0 N–H and O–H groups in total. The summed E-state index contributed by atoms with van der Waals surface area (Å²) in [6.07, 6.45) is 11.4. The smallest absolute Gasteiger partial charge is 0.0626 e. The van der Waals surface area contributed by atoms with Crippen LogP contribution < -0.4 is 0 Å². The van der Waals surface area contributed by atoms with E-state index in [0.29, 0.717) is 0 Å². The van der Waals surface area contributed by atoms with Gasteiger partial charge in [0.25, 0.3) is 0 Å². The average Bonchev–Trinajstić information content (AvgIpc) is 2.34. The third-order valence-electron chi connectivity index (χ3n) is 3.67. The molecule has 0 aromatic rings. The predicted octanol–water partition coefficient (Wildman–Crippen LogP) is 6.13. The molecule has 0 aromatic carbocycles. The molecular formula is C19H40O2. The molecule has 0 amide bonds. The molecule has 0 saturated heterocycles. The van der Waals surface area contributed by atoms with E-state index in [0.717, 1.165) is 19.6 Å². The Morgan fingerprint density at radius 2 is 1.05 bits per heavy atom. The molecule has 0 atom stereocenters. The van der Waals surface area contributed by atoms with Gasteiger partial charge in [0.2, 0.25) is 0 Å². The van der Waals surface area contributed by atoms with Crippen molar-refractivity contribution in [3.05, 3.63) is 0 Å². The Balaban J connectivity index is 3.23. The maximum Gasteiger partial charge on any atom is 0.0626 e. The monoisotopic (exact) mass is 300 g/mol. The van der Waals surface area contributed by atoms with E-state index in [2.05, 4.69) is 41.5 Å². The van der Waals surface area contributed by atoms with Gasteiger partial charge >= 0.3 is 0 Å². The van der Waals surface area contributed by atoms with Crippen molar-refractivity contribution in [1.29, 1.82) is 0 Å². The summed E-state index contributed by atoms with van der Waals surface area (Å²) in [6, 6.07) is 0. The SMILES string of the molecule is CCCC(C)(C)OCCCCCCCCCOC(C)(C)C. The highest BCUT2D eigenvalue weighted by Gasteiger charge is 2.15. The lowest BCUT2D eigenvalue weighted by Gasteiger charge is -2.24. The lowest BCUT2D eigenvalue weighted by atomic mass is 10.0. The van der Waals surface area contributed by atoms with Gasteiger partial charge in [-0.1, -0.05) is 45.4 Å². The molecule has 0 spiro atoms. The van der Waals surface area contributed by atoms with Gasteiger partial charge in [-0.3, -0.25) is 0 Å². The highest BCUT2D eigenvalue weighted by molar-refractivity contribution is 4.67. The molecule has 0 aliphatic carbocycles. The first-order chi connectivity index (χ1) is 9.77. The summed E-state index contributed by atoms with van der Waals surface area (Å²) >= 11 is 0. The van der Waals surface area contributed by atoms with Crippen LogP contribution >= 0.6 is 0 Å². The quantitative estimate of drug-likeness (QED) is 0.381. The molecule has 0 aliphatic heterocycles. The molecule has 0 aromatic heterocycles. The summed E-state index contributed by atoms with van der Waals surface area (Å²) in [6.45, 7) is 14.8. The zero-order chi connectivity index (χ0) is 16.2. The van der Waals surface area contributed by atoms with Crippen molar-refractivity contribution in [2.24, 2.45) is 0 Å². The minimum absolute atomic E-state index is 0.0194. The summed E-state index contributed by atoms with van der Waals surface area (Å²) in [7, 11) is 0. The molecule has 0 radical (unpaired) electrons. The Bertz CT molecular complexity index is 228. The largest absolute Gasteiger partial charge is 0.376 e. The van der Waals surface area contributed by atoms with Crippen molar-refractivity contribution in [1.82, 2.24) is 0 Å². The minimum Gasteiger partial charge on any atom is -0.376 e. The van der Waals surface area contributed by atoms with E-state index in [9.17, 15) is 0 Å². The van der Waals surface area contributed by atoms with E-state index in [4.69, 9.17) is 9.47 Å². The normalized spacial score (nSPS) is 12.9. The van der Waals surface area contributed by atoms with Crippen molar-refractivity contribution < 1.29 is 9.47 Å². The van der Waals surface area contributed by atoms with Gasteiger partial charge in [-0.15, -0.1) is 0 Å². The van der Waals surface area contributed by atoms with E-state index >= 15 is 0 Å². The Kier molecular flexibility index (Phi) is 11.4. The Morgan fingerprint density at radius 3 is 1.48 bits per heavy atom. The highest BCUT2D eigenvalue weighted by Crippen LogP contribution is 2.17. The van der Waals surface area contributed by atoms with Crippen LogP contribution in [0.1, 0.15) is 99.3 Å². The summed E-state index contributed by atoms with van der Waals surface area (Å²) < 4.78 is 11.7. The maximum absolute atomic E-state index is 5.94. The second kappa shape index (κ2) is 11.5. The zero-order valence-corrected chi connectivity index (χ0v) is 15.6. The number of hydrogen-bond donors (Lipinski definition) is 0. The first-order valence-corrected chi connectivity index (χ1v) is 9.05. The van der Waals surface area contributed by atoms with Gasteiger partial charge in [-0.2, -0.15) is 0 Å². The van der Waals surface area contributed by atoms with Crippen molar-refractivity contribution in [2.45, 2.75) is 111 Å². The van der Waals surface area contributed by atoms with E-state index in [-0.39, 0.29) is 11.2 Å². The van der Waals surface area contributed by atoms with Crippen LogP contribution in [0.3, 0.4) is 0 Å². The van der Waals surface area contributed by atoms with Crippen LogP contribution in [-0.2, 0) is 9.47 Å². The molecule has 0 aliphatic rings. The van der Waals surface area contributed by atoms with Crippen LogP contribution in [0.2, 0.25) is 0 Å². The van der Waals surface area contributed by atoms with Crippen molar-refractivity contribution in [2.75, 3.05) is 13.2 Å². The molecule has 2 heteroatoms. The minimum atomic E-state index is 0.0194. The maximum atomic E-state index is 5.94. The molecule has 0 fully saturated rings. The highest BCUT2D eigenvalue weighted by atomic mass is 16.5. The van der Waals surface area contributed by atoms with Gasteiger partial charge in [0.15, 0.2) is 0 Å². The number of hydrogen-bond acceptors (Lipinski definition) is 2. The number of rotatable bonds is 13. The van der Waals surface area contributed by atoms with Crippen LogP contribution in [-0.4, -0.2) is 24.4 Å². The molecule has 0 bridgehead atoms. The van der Waals surface area contributed by atoms with Crippen LogP contribution in [0.4, 0.5) is 0 Å². The second-order valence-electron chi connectivity index (χ2n) is 7.79. The lowest BCUT2D eigenvalue weighted by molar-refractivity contribution is -0.0254. The van der Waals surface area contributed by atoms with Gasteiger partial charge in [-0.05, 0) is 53.9 Å². The first kappa shape index (κ1) is 20.9. The first-order valence-electron chi connectivity index (χ1n) is 9.05. The van der Waals surface area contributed by atoms with E-state index < -0.39 is 0 Å². The van der Waals surface area contributed by atoms with Gasteiger partial charge in [0.1, 0.15) is 0 Å². The fourth-order valence-electron chi connectivity index (χ4n) is 2.49. The Labute approximate surface area is 134 Å². The van der Waals surface area contributed by atoms with Crippen LogP contribution in [0.5, 0.6) is 0 Å². The molecule has 0 rings (SSSR count). The van der Waals surface area contributed by atoms with Gasteiger partial charge in [-0.25, -0.2) is 0 Å². The number of ether oxygens (including phenoxy) is 2. The fraction of sp³-hybridized carbons (Fsp3) is 1.00. The third kappa shape index (κ3) is 16.1. The molecule has 2 nitrogen and oxygen atoms in total. The third-order valence-corrected chi connectivity index (χ3v) is 3.67. The summed E-state index contributed by atoms with van der Waals surface area (Å²) in [5.74, 6) is 0. The molecular weight excluding hydrogens is 260 g/mol. The van der Waals surface area contributed by atoms with Gasteiger partial charge in [0.05, 0.1) is 11.2 Å². The van der Waals surface area contributed by atoms with E-state index in [1.807, 2.05) is 0 Å². The Morgan fingerprint density at radius 1 is 0.619 bits per heavy atom. The summed E-state index contributed by atoms with van der Waals surface area (Å²) in [5, 5.41) is 0. The Hall–Kier alpha value is -0.0800. The standard InChI is InChI=1S/C19H40O2/c1-7-15-19(5,6)21-17-14-12-10-8-9-11-13-16-20-18(2,3)4/h7-17H2,1-6H3. The average molecular weight is 301 g/mol. The number of unbranched alkanes of at least 4 members (excludes halogenated alkanes) is 6. The molecule has 21 heavy (non-hydrogen) atoms. The molecule has 128 valence electrons. The van der Waals surface area contributed by atoms with Gasteiger partial charge < -0.3 is 9.47 Å². The van der Waals surface area contributed by atoms with E-state index in [1.165, 1.54) is 51.4 Å². The topological polar surface area (TPSA) is 18.5 Å². The van der Waals surface area contributed by atoms with Crippen LogP contribution in [0, 0.1) is 0 Å². The molecule has 0 unspecified atom stereocenters. The molecule has 0 saturated carbocycles. The predicted molar refractivity (Wildman–Crippen MR) is 93.0 cm³/mol. The summed E-state index contributed by atoms with van der Waals surface area (Å²) in [5.41, 5.74) is 0.0906. The second-order valence-corrected chi connectivity index (χ2v) is 7.79. The van der Waals surface area contributed by atoms with Crippen LogP contribution in [0.25, 0.3) is 0 Å². The van der Waals surface area contributed by atoms with Crippen molar-refractivity contribution >= 4 is 0 Å². The van der Waals surface area contributed by atoms with Crippen LogP contribution in [0.15, 0.2) is 0 Å². The van der Waals surface area contributed by atoms with Gasteiger partial charge in [0, 0.05) is 13.2 Å². The fourth-order valence-corrected chi connectivity index (χ4v) is 2.49. The molecule has 0 heterocycles. The summed E-state index contributed by atoms with van der Waals surface area (Å²) in [4.78, 5) is 0. The van der Waals surface area contributed by atoms with Crippen molar-refractivity contribution in [3.8, 4) is 0 Å². The lowest BCUT2D eigenvalue weighted by Crippen LogP contribution is -2.24. The zero-order valence-electron chi connectivity index (χ0n) is 15.6. The van der Waals surface area contributed by atoms with Crippen molar-refractivity contribution in [3.63, 3.8) is 0 Å².